The highest BCUT2D eigenvalue weighted by atomic mass is 79.9. The lowest BCUT2D eigenvalue weighted by Gasteiger charge is -2.18. The second kappa shape index (κ2) is 6.87. The summed E-state index contributed by atoms with van der Waals surface area (Å²) in [6.07, 6.45) is 0.511. The molecule has 106 valence electrons. The zero-order chi connectivity index (χ0) is 14.7. The number of hydrogen-bond acceptors (Lipinski definition) is 2. The van der Waals surface area contributed by atoms with Crippen LogP contribution in [0, 0.1) is 5.82 Å². The molecule has 0 bridgehead atoms. The Morgan fingerprint density at radius 3 is 2.50 bits per heavy atom. The average Bonchev–Trinajstić information content (AvgIpc) is 2.39. The van der Waals surface area contributed by atoms with Gasteiger partial charge in [-0.15, -0.1) is 0 Å². The zero-order valence-corrected chi connectivity index (χ0v) is 13.4. The number of nitrogens with two attached hydrogens (primary N) is 1. The highest BCUT2D eigenvalue weighted by molar-refractivity contribution is 9.10. The molecule has 3 N–H and O–H groups in total. The fourth-order valence-corrected chi connectivity index (χ4v) is 3.00. The molecule has 20 heavy (non-hydrogen) atoms. The number of nitrogens with one attached hydrogen (secondary N) is 1. The van der Waals surface area contributed by atoms with Crippen LogP contribution in [0.1, 0.15) is 17.2 Å². The van der Waals surface area contributed by atoms with Gasteiger partial charge in [-0.3, -0.25) is 11.3 Å². The molecule has 6 heteroatoms. The van der Waals surface area contributed by atoms with Gasteiger partial charge in [0.15, 0.2) is 0 Å². The van der Waals surface area contributed by atoms with E-state index in [1.165, 1.54) is 12.1 Å². The molecule has 0 spiro atoms. The van der Waals surface area contributed by atoms with Gasteiger partial charge in [0, 0.05) is 14.5 Å². The van der Waals surface area contributed by atoms with Crippen molar-refractivity contribution in [3.05, 3.63) is 67.9 Å². The minimum atomic E-state index is -0.363. The van der Waals surface area contributed by atoms with Crippen molar-refractivity contribution < 1.29 is 4.39 Å². The number of hydrazine groups is 1. The lowest BCUT2D eigenvalue weighted by molar-refractivity contribution is 0.551. The van der Waals surface area contributed by atoms with Gasteiger partial charge in [-0.2, -0.15) is 0 Å². The number of rotatable bonds is 4. The largest absolute Gasteiger partial charge is 0.271 e. The Hall–Kier alpha value is -0.650. The van der Waals surface area contributed by atoms with E-state index in [0.717, 1.165) is 15.6 Å². The molecular weight excluding hydrogens is 366 g/mol. The molecule has 0 heterocycles. The van der Waals surface area contributed by atoms with Crippen LogP contribution >= 0.6 is 39.1 Å². The van der Waals surface area contributed by atoms with Crippen LogP contribution in [0.3, 0.4) is 0 Å². The van der Waals surface area contributed by atoms with Gasteiger partial charge in [-0.25, -0.2) is 4.39 Å². The summed E-state index contributed by atoms with van der Waals surface area (Å²) in [6.45, 7) is 0. The molecule has 0 fully saturated rings. The molecule has 2 aromatic carbocycles. The van der Waals surface area contributed by atoms with Gasteiger partial charge >= 0.3 is 0 Å². The van der Waals surface area contributed by atoms with Crippen molar-refractivity contribution in [2.45, 2.75) is 12.5 Å². The summed E-state index contributed by atoms with van der Waals surface area (Å²) in [6, 6.07) is 9.67. The first kappa shape index (κ1) is 15.7. The molecule has 0 aliphatic rings. The van der Waals surface area contributed by atoms with Crippen molar-refractivity contribution in [3.8, 4) is 0 Å². The van der Waals surface area contributed by atoms with Crippen molar-refractivity contribution in [3.63, 3.8) is 0 Å². The van der Waals surface area contributed by atoms with E-state index in [9.17, 15) is 4.39 Å². The molecule has 0 aromatic heterocycles. The van der Waals surface area contributed by atoms with E-state index in [1.807, 2.05) is 12.1 Å². The first-order valence-corrected chi connectivity index (χ1v) is 7.41. The molecule has 2 nitrogen and oxygen atoms in total. The highest BCUT2D eigenvalue weighted by Gasteiger charge is 2.16. The number of benzene rings is 2. The van der Waals surface area contributed by atoms with Crippen molar-refractivity contribution in [2.24, 2.45) is 5.84 Å². The Morgan fingerprint density at radius 1 is 1.15 bits per heavy atom. The van der Waals surface area contributed by atoms with Crippen molar-refractivity contribution in [1.29, 1.82) is 0 Å². The molecule has 1 unspecified atom stereocenters. The molecule has 0 saturated carbocycles. The maximum absolute atomic E-state index is 13.0. The van der Waals surface area contributed by atoms with E-state index >= 15 is 0 Å². The monoisotopic (exact) mass is 376 g/mol. The minimum Gasteiger partial charge on any atom is -0.271 e. The summed E-state index contributed by atoms with van der Waals surface area (Å²) >= 11 is 15.6. The van der Waals surface area contributed by atoms with E-state index in [4.69, 9.17) is 29.0 Å². The molecule has 2 rings (SSSR count). The molecule has 2 aromatic rings. The normalized spacial score (nSPS) is 12.4. The molecular formula is C14H12BrCl2FN2. The SMILES string of the molecule is NNC(Cc1ccc(F)cc1Cl)c1ccc(Br)cc1Cl. The quantitative estimate of drug-likeness (QED) is 0.601. The van der Waals surface area contributed by atoms with Gasteiger partial charge in [0.2, 0.25) is 0 Å². The van der Waals surface area contributed by atoms with Crippen LogP contribution in [-0.2, 0) is 6.42 Å². The minimum absolute atomic E-state index is 0.210. The van der Waals surface area contributed by atoms with Gasteiger partial charge in [0.1, 0.15) is 5.82 Å². The van der Waals surface area contributed by atoms with Gasteiger partial charge in [0.25, 0.3) is 0 Å². The first-order valence-electron chi connectivity index (χ1n) is 5.86. The van der Waals surface area contributed by atoms with E-state index < -0.39 is 0 Å². The Morgan fingerprint density at radius 2 is 1.90 bits per heavy atom. The van der Waals surface area contributed by atoms with E-state index in [-0.39, 0.29) is 11.9 Å². The molecule has 0 aliphatic heterocycles. The first-order chi connectivity index (χ1) is 9.51. The summed E-state index contributed by atoms with van der Waals surface area (Å²) in [5, 5.41) is 0.971. The van der Waals surface area contributed by atoms with Crippen molar-refractivity contribution in [2.75, 3.05) is 0 Å². The Bertz CT molecular complexity index is 622. The van der Waals surface area contributed by atoms with Gasteiger partial charge < -0.3 is 0 Å². The Balaban J connectivity index is 2.28. The van der Waals surface area contributed by atoms with Crippen LogP contribution in [-0.4, -0.2) is 0 Å². The van der Waals surface area contributed by atoms with Gasteiger partial charge in [-0.1, -0.05) is 51.3 Å². The summed E-state index contributed by atoms with van der Waals surface area (Å²) in [7, 11) is 0. The lowest BCUT2D eigenvalue weighted by atomic mass is 9.99. The smallest absolute Gasteiger partial charge is 0.124 e. The van der Waals surface area contributed by atoms with Crippen molar-refractivity contribution >= 4 is 39.1 Å². The Labute approximate surface area is 135 Å². The van der Waals surface area contributed by atoms with Crippen LogP contribution in [0.5, 0.6) is 0 Å². The summed E-state index contributed by atoms with van der Waals surface area (Å²) < 4.78 is 13.9. The fraction of sp³-hybridized carbons (Fsp3) is 0.143. The molecule has 0 radical (unpaired) electrons. The molecule has 1 atom stereocenters. The zero-order valence-electron chi connectivity index (χ0n) is 10.3. The third-order valence-electron chi connectivity index (χ3n) is 2.98. The summed E-state index contributed by atoms with van der Waals surface area (Å²) in [5.74, 6) is 5.24. The summed E-state index contributed by atoms with van der Waals surface area (Å²) in [4.78, 5) is 0. The summed E-state index contributed by atoms with van der Waals surface area (Å²) in [5.41, 5.74) is 4.38. The predicted octanol–water partition coefficient (Wildman–Crippen LogP) is 4.64. The predicted molar refractivity (Wildman–Crippen MR) is 84.3 cm³/mol. The Kier molecular flexibility index (Phi) is 5.41. The van der Waals surface area contributed by atoms with Crippen LogP contribution in [0.25, 0.3) is 0 Å². The lowest BCUT2D eigenvalue weighted by Crippen LogP contribution is -2.29. The maximum atomic E-state index is 13.0. The number of hydrogen-bond donors (Lipinski definition) is 2. The van der Waals surface area contributed by atoms with E-state index in [0.29, 0.717) is 16.5 Å². The second-order valence-electron chi connectivity index (χ2n) is 4.32. The van der Waals surface area contributed by atoms with E-state index in [1.54, 1.807) is 12.1 Å². The second-order valence-corrected chi connectivity index (χ2v) is 6.06. The third-order valence-corrected chi connectivity index (χ3v) is 4.15. The maximum Gasteiger partial charge on any atom is 0.124 e. The van der Waals surface area contributed by atoms with Crippen LogP contribution in [0.4, 0.5) is 4.39 Å². The van der Waals surface area contributed by atoms with Gasteiger partial charge in [0.05, 0.1) is 6.04 Å². The third kappa shape index (κ3) is 3.71. The van der Waals surface area contributed by atoms with Gasteiger partial charge in [-0.05, 0) is 41.8 Å². The van der Waals surface area contributed by atoms with Crippen molar-refractivity contribution in [1.82, 2.24) is 5.43 Å². The standard InChI is InChI=1S/C14H12BrCl2FN2/c15-9-2-4-11(13(17)6-9)14(20-19)5-8-1-3-10(18)7-12(8)16/h1-4,6-7,14,20H,5,19H2. The van der Waals surface area contributed by atoms with Crippen LogP contribution in [0.15, 0.2) is 40.9 Å². The number of halogens is 4. The highest BCUT2D eigenvalue weighted by Crippen LogP contribution is 2.30. The van der Waals surface area contributed by atoms with Crippen LogP contribution in [0.2, 0.25) is 10.0 Å². The molecule has 0 amide bonds. The molecule has 0 saturated heterocycles. The average molecular weight is 378 g/mol. The topological polar surface area (TPSA) is 38.0 Å². The molecule has 0 aliphatic carbocycles. The fourth-order valence-electron chi connectivity index (χ4n) is 1.95. The van der Waals surface area contributed by atoms with Crippen LogP contribution < -0.4 is 11.3 Å². The van der Waals surface area contributed by atoms with E-state index in [2.05, 4.69) is 21.4 Å².